The van der Waals surface area contributed by atoms with Crippen LogP contribution < -0.4 is 10.6 Å². The van der Waals surface area contributed by atoms with E-state index >= 15 is 0 Å². The maximum absolute atomic E-state index is 14.1. The zero-order valence-corrected chi connectivity index (χ0v) is 22.2. The van der Waals surface area contributed by atoms with Crippen LogP contribution in [0.25, 0.3) is 11.1 Å². The van der Waals surface area contributed by atoms with E-state index in [4.69, 9.17) is 0 Å². The summed E-state index contributed by atoms with van der Waals surface area (Å²) in [5.41, 5.74) is 2.62. The van der Waals surface area contributed by atoms with Gasteiger partial charge >= 0.3 is 6.18 Å². The van der Waals surface area contributed by atoms with Crippen LogP contribution in [0, 0.1) is 5.82 Å². The third-order valence-electron chi connectivity index (χ3n) is 7.86. The zero-order chi connectivity index (χ0) is 28.5. The number of hydrogen-bond donors (Lipinski definition) is 2. The number of carbonyl (C=O) groups is 1. The Morgan fingerprint density at radius 2 is 1.55 bits per heavy atom. The van der Waals surface area contributed by atoms with Crippen molar-refractivity contribution in [2.24, 2.45) is 0 Å². The summed E-state index contributed by atoms with van der Waals surface area (Å²) >= 11 is 0. The van der Waals surface area contributed by atoms with Crippen molar-refractivity contribution in [2.75, 3.05) is 5.32 Å². The highest BCUT2D eigenvalue weighted by atomic mass is 19.4. The predicted octanol–water partition coefficient (Wildman–Crippen LogP) is 7.79. The topological polar surface area (TPSA) is 59.0 Å². The SMILES string of the molecule is CCC(CC)(NC(=O)c1cnn2c1NC(c1ccccc1)CC2C(F)(F)F)c1ccc(-c2ccc(F)cc2)cc1. The van der Waals surface area contributed by atoms with Crippen LogP contribution in [0.2, 0.25) is 0 Å². The fraction of sp³-hybridized carbons (Fsp3) is 0.290. The summed E-state index contributed by atoms with van der Waals surface area (Å²) in [6, 6.07) is 20.3. The molecule has 2 atom stereocenters. The van der Waals surface area contributed by atoms with Gasteiger partial charge in [0.2, 0.25) is 0 Å². The molecule has 0 spiro atoms. The lowest BCUT2D eigenvalue weighted by Gasteiger charge is -2.35. The number of hydrogen-bond acceptors (Lipinski definition) is 3. The Morgan fingerprint density at radius 3 is 2.12 bits per heavy atom. The number of rotatable bonds is 7. The van der Waals surface area contributed by atoms with Crippen molar-refractivity contribution in [2.45, 2.75) is 56.9 Å². The molecule has 4 aromatic rings. The summed E-state index contributed by atoms with van der Waals surface area (Å²) in [6.07, 6.45) is -2.46. The van der Waals surface area contributed by atoms with Crippen LogP contribution in [0.1, 0.15) is 66.7 Å². The largest absolute Gasteiger partial charge is 0.410 e. The van der Waals surface area contributed by atoms with E-state index in [1.54, 1.807) is 42.5 Å². The van der Waals surface area contributed by atoms with E-state index in [1.165, 1.54) is 18.3 Å². The number of alkyl halides is 3. The van der Waals surface area contributed by atoms with Crippen molar-refractivity contribution in [3.8, 4) is 11.1 Å². The fourth-order valence-electron chi connectivity index (χ4n) is 5.45. The van der Waals surface area contributed by atoms with Gasteiger partial charge < -0.3 is 10.6 Å². The van der Waals surface area contributed by atoms with E-state index in [9.17, 15) is 22.4 Å². The molecule has 1 aliphatic rings. The Bertz CT molecular complexity index is 1460. The van der Waals surface area contributed by atoms with Gasteiger partial charge in [0.15, 0.2) is 6.04 Å². The smallest absolute Gasteiger partial charge is 0.363 e. The van der Waals surface area contributed by atoms with E-state index in [0.29, 0.717) is 18.4 Å². The molecule has 208 valence electrons. The molecule has 2 heterocycles. The van der Waals surface area contributed by atoms with E-state index in [-0.39, 0.29) is 23.6 Å². The highest BCUT2D eigenvalue weighted by Crippen LogP contribution is 2.44. The van der Waals surface area contributed by atoms with Crippen LogP contribution in [0.3, 0.4) is 0 Å². The van der Waals surface area contributed by atoms with Crippen molar-refractivity contribution >= 4 is 11.7 Å². The van der Waals surface area contributed by atoms with Gasteiger partial charge in [0.25, 0.3) is 5.91 Å². The van der Waals surface area contributed by atoms with Crippen molar-refractivity contribution < 1.29 is 22.4 Å². The van der Waals surface area contributed by atoms with Crippen molar-refractivity contribution in [3.05, 3.63) is 108 Å². The van der Waals surface area contributed by atoms with Crippen molar-refractivity contribution in [1.29, 1.82) is 0 Å². The molecule has 1 aromatic heterocycles. The first-order chi connectivity index (χ1) is 19.1. The Morgan fingerprint density at radius 1 is 0.950 bits per heavy atom. The van der Waals surface area contributed by atoms with Crippen LogP contribution >= 0.6 is 0 Å². The first kappa shape index (κ1) is 27.4. The molecule has 0 aliphatic carbocycles. The average Bonchev–Trinajstić information content (AvgIpc) is 3.40. The summed E-state index contributed by atoms with van der Waals surface area (Å²) in [4.78, 5) is 13.7. The Balaban J connectivity index is 1.45. The third-order valence-corrected chi connectivity index (χ3v) is 7.86. The van der Waals surface area contributed by atoms with Crippen LogP contribution in [0.5, 0.6) is 0 Å². The summed E-state index contributed by atoms with van der Waals surface area (Å²) in [5.74, 6) is -0.769. The lowest BCUT2D eigenvalue weighted by atomic mass is 9.83. The lowest BCUT2D eigenvalue weighted by molar-refractivity contribution is -0.173. The number of aromatic nitrogens is 2. The van der Waals surface area contributed by atoms with Gasteiger partial charge in [-0.2, -0.15) is 18.3 Å². The van der Waals surface area contributed by atoms with Gasteiger partial charge in [0.05, 0.1) is 17.8 Å². The van der Waals surface area contributed by atoms with Crippen molar-refractivity contribution in [1.82, 2.24) is 15.1 Å². The minimum absolute atomic E-state index is 0.0488. The monoisotopic (exact) mass is 550 g/mol. The van der Waals surface area contributed by atoms with Gasteiger partial charge in [0.1, 0.15) is 17.2 Å². The van der Waals surface area contributed by atoms with Gasteiger partial charge in [-0.1, -0.05) is 80.6 Å². The standard InChI is InChI=1S/C31H30F4N4O/c1-3-30(4-2,23-14-10-20(11-15-23)21-12-16-24(32)17-13-21)38-29(40)25-19-36-39-27(31(33,34)35)18-26(37-28(25)39)22-8-6-5-7-9-22/h5-17,19,26-27,37H,3-4,18H2,1-2H3,(H,38,40). The second-order valence-electron chi connectivity index (χ2n) is 10.1. The Hall–Kier alpha value is -4.14. The number of benzene rings is 3. The van der Waals surface area contributed by atoms with Crippen LogP contribution in [-0.4, -0.2) is 21.9 Å². The number of nitrogens with zero attached hydrogens (tertiary/aromatic N) is 2. The number of anilines is 1. The molecule has 40 heavy (non-hydrogen) atoms. The number of fused-ring (bicyclic) bond motifs is 1. The second kappa shape index (κ2) is 10.8. The molecule has 5 nitrogen and oxygen atoms in total. The maximum Gasteiger partial charge on any atom is 0.410 e. The molecule has 0 bridgehead atoms. The Kier molecular flexibility index (Phi) is 7.40. The van der Waals surface area contributed by atoms with Gasteiger partial charge in [-0.15, -0.1) is 0 Å². The molecular formula is C31H30F4N4O. The van der Waals surface area contributed by atoms with Crippen molar-refractivity contribution in [3.63, 3.8) is 0 Å². The van der Waals surface area contributed by atoms with Crippen LogP contribution in [-0.2, 0) is 5.54 Å². The molecule has 2 N–H and O–H groups in total. The van der Waals surface area contributed by atoms with E-state index in [1.807, 2.05) is 38.1 Å². The number of nitrogens with one attached hydrogen (secondary N) is 2. The minimum Gasteiger partial charge on any atom is -0.363 e. The van der Waals surface area contributed by atoms with Gasteiger partial charge in [-0.25, -0.2) is 9.07 Å². The summed E-state index contributed by atoms with van der Waals surface area (Å²) in [6.45, 7) is 3.91. The number of carbonyl (C=O) groups excluding carboxylic acids is 1. The molecule has 0 saturated heterocycles. The zero-order valence-electron chi connectivity index (χ0n) is 22.2. The minimum atomic E-state index is -4.54. The van der Waals surface area contributed by atoms with Gasteiger partial charge in [0, 0.05) is 6.42 Å². The van der Waals surface area contributed by atoms with Gasteiger partial charge in [-0.3, -0.25) is 4.79 Å². The molecule has 0 fully saturated rings. The first-order valence-electron chi connectivity index (χ1n) is 13.3. The molecular weight excluding hydrogens is 520 g/mol. The molecule has 1 amide bonds. The highest BCUT2D eigenvalue weighted by molar-refractivity contribution is 5.99. The molecule has 2 unspecified atom stereocenters. The molecule has 3 aromatic carbocycles. The first-order valence-corrected chi connectivity index (χ1v) is 13.3. The third kappa shape index (κ3) is 5.20. The highest BCUT2D eigenvalue weighted by Gasteiger charge is 2.47. The number of halogens is 4. The van der Waals surface area contributed by atoms with Crippen LogP contribution in [0.4, 0.5) is 23.4 Å². The predicted molar refractivity (Wildman–Crippen MR) is 146 cm³/mol. The summed E-state index contributed by atoms with van der Waals surface area (Å²) in [7, 11) is 0. The molecule has 0 saturated carbocycles. The quantitative estimate of drug-likeness (QED) is 0.231. The Labute approximate surface area is 230 Å². The average molecular weight is 551 g/mol. The molecule has 5 rings (SSSR count). The molecule has 1 aliphatic heterocycles. The maximum atomic E-state index is 14.1. The molecule has 0 radical (unpaired) electrons. The fourth-order valence-corrected chi connectivity index (χ4v) is 5.45. The summed E-state index contributed by atoms with van der Waals surface area (Å²) in [5, 5.41) is 10.3. The van der Waals surface area contributed by atoms with Gasteiger partial charge in [-0.05, 0) is 47.2 Å². The lowest BCUT2D eigenvalue weighted by Crippen LogP contribution is -2.45. The van der Waals surface area contributed by atoms with E-state index in [2.05, 4.69) is 15.7 Å². The van der Waals surface area contributed by atoms with Crippen LogP contribution in [0.15, 0.2) is 85.1 Å². The van der Waals surface area contributed by atoms with E-state index < -0.39 is 29.7 Å². The number of amides is 1. The normalized spacial score (nSPS) is 17.1. The molecule has 9 heteroatoms. The second-order valence-corrected chi connectivity index (χ2v) is 10.1. The summed E-state index contributed by atoms with van der Waals surface area (Å²) < 4.78 is 56.5. The van der Waals surface area contributed by atoms with E-state index in [0.717, 1.165) is 21.4 Å².